The molecule has 0 saturated carbocycles. The normalized spacial score (nSPS) is 12.1. The number of carbonyl (C=O) groups excluding carboxylic acids is 2. The number of furan rings is 1. The van der Waals surface area contributed by atoms with Crippen molar-refractivity contribution < 1.29 is 31.7 Å². The molecule has 0 aliphatic rings. The molecule has 1 atom stereocenters. The molecule has 0 bridgehead atoms. The van der Waals surface area contributed by atoms with E-state index in [9.17, 15) is 18.0 Å². The molecule has 0 aliphatic heterocycles. The number of methoxy groups -OCH3 is 1. The van der Waals surface area contributed by atoms with Crippen molar-refractivity contribution in [2.24, 2.45) is 0 Å². The molecule has 1 heterocycles. The number of hydrogen-bond acceptors (Lipinski definition) is 6. The molecule has 0 aliphatic carbocycles. The molecule has 0 saturated heterocycles. The first-order valence-corrected chi connectivity index (χ1v) is 17.0. The van der Waals surface area contributed by atoms with Gasteiger partial charge in [-0.3, -0.25) is 14.1 Å². The Kier molecular flexibility index (Phi) is 9.49. The molecule has 1 unspecified atom stereocenters. The molecule has 6 aromatic rings. The van der Waals surface area contributed by atoms with Crippen LogP contribution in [0.15, 0.2) is 114 Å². The van der Waals surface area contributed by atoms with Gasteiger partial charge >= 0.3 is 0 Å². The number of ether oxygens (including phenoxy) is 1. The average Bonchev–Trinajstić information content (AvgIpc) is 3.52. The maximum absolute atomic E-state index is 14.0. The standard InChI is InChI=1S/C37H31ClN2O7S/c1-46-30-14-12-25-19-27(11-10-26(25)20-30)31(18-23-6-8-24(9-7-23)36(41)39-16-17-48(43,44)45)37(42)40-33-15-13-29(21-32(33)38)35-22-28-4-2-3-5-34(28)47-35/h2-15,19-22,31H,16-18H2,1H3,(H,39,41)(H,40,42)(H,43,44,45). The van der Waals surface area contributed by atoms with Gasteiger partial charge in [-0.2, -0.15) is 8.42 Å². The first kappa shape index (κ1) is 32.8. The minimum absolute atomic E-state index is 0.225. The van der Waals surface area contributed by atoms with E-state index < -0.39 is 27.7 Å². The molecule has 2 amide bonds. The van der Waals surface area contributed by atoms with Gasteiger partial charge in [-0.1, -0.05) is 66.2 Å². The third kappa shape index (κ3) is 7.69. The van der Waals surface area contributed by atoms with Gasteiger partial charge in [-0.15, -0.1) is 0 Å². The van der Waals surface area contributed by atoms with E-state index >= 15 is 0 Å². The molecule has 9 nitrogen and oxygen atoms in total. The molecule has 5 aromatic carbocycles. The quantitative estimate of drug-likeness (QED) is 0.121. The van der Waals surface area contributed by atoms with Gasteiger partial charge < -0.3 is 19.8 Å². The molecule has 11 heteroatoms. The van der Waals surface area contributed by atoms with E-state index in [-0.39, 0.29) is 12.5 Å². The summed E-state index contributed by atoms with van der Waals surface area (Å²) in [6, 6.07) is 33.3. The Hall–Kier alpha value is -5.16. The van der Waals surface area contributed by atoms with Crippen LogP contribution in [0.4, 0.5) is 5.69 Å². The Morgan fingerprint density at radius 3 is 2.35 bits per heavy atom. The van der Waals surface area contributed by atoms with Crippen LogP contribution in [0.2, 0.25) is 5.02 Å². The van der Waals surface area contributed by atoms with Gasteiger partial charge in [0.15, 0.2) is 0 Å². The van der Waals surface area contributed by atoms with Crippen LogP contribution in [0.5, 0.6) is 5.75 Å². The summed E-state index contributed by atoms with van der Waals surface area (Å²) in [6.07, 6.45) is 0.312. The number of carbonyl (C=O) groups is 2. The van der Waals surface area contributed by atoms with Crippen LogP contribution in [0.3, 0.4) is 0 Å². The molecule has 244 valence electrons. The molecule has 0 radical (unpaired) electrons. The zero-order valence-corrected chi connectivity index (χ0v) is 27.3. The van der Waals surface area contributed by atoms with Gasteiger partial charge in [0.2, 0.25) is 5.91 Å². The van der Waals surface area contributed by atoms with Gasteiger partial charge in [0.1, 0.15) is 17.1 Å². The third-order valence-electron chi connectivity index (χ3n) is 8.03. The van der Waals surface area contributed by atoms with Crippen LogP contribution in [0.25, 0.3) is 33.1 Å². The zero-order valence-electron chi connectivity index (χ0n) is 25.8. The third-order valence-corrected chi connectivity index (χ3v) is 9.06. The first-order valence-electron chi connectivity index (χ1n) is 15.1. The lowest BCUT2D eigenvalue weighted by Gasteiger charge is -2.19. The van der Waals surface area contributed by atoms with Gasteiger partial charge in [0.25, 0.3) is 16.0 Å². The highest BCUT2D eigenvalue weighted by Crippen LogP contribution is 2.34. The number of fused-ring (bicyclic) bond motifs is 2. The summed E-state index contributed by atoms with van der Waals surface area (Å²) in [7, 11) is -2.58. The Morgan fingerprint density at radius 1 is 0.875 bits per heavy atom. The highest BCUT2D eigenvalue weighted by atomic mass is 35.5. The average molecular weight is 683 g/mol. The summed E-state index contributed by atoms with van der Waals surface area (Å²) >= 11 is 6.69. The van der Waals surface area contributed by atoms with Crippen molar-refractivity contribution in [3.8, 4) is 17.1 Å². The summed E-state index contributed by atoms with van der Waals surface area (Å²) < 4.78 is 42.2. The summed E-state index contributed by atoms with van der Waals surface area (Å²) in [6.45, 7) is -0.225. The second kappa shape index (κ2) is 13.9. The fourth-order valence-corrected chi connectivity index (χ4v) is 6.07. The van der Waals surface area contributed by atoms with E-state index in [2.05, 4.69) is 10.6 Å². The first-order chi connectivity index (χ1) is 23.1. The number of nitrogens with one attached hydrogen (secondary N) is 2. The van der Waals surface area contributed by atoms with Gasteiger partial charge in [0.05, 0.1) is 29.5 Å². The second-order valence-electron chi connectivity index (χ2n) is 11.3. The highest BCUT2D eigenvalue weighted by Gasteiger charge is 2.23. The summed E-state index contributed by atoms with van der Waals surface area (Å²) in [5.74, 6) is -0.571. The fourth-order valence-electron chi connectivity index (χ4n) is 5.49. The lowest BCUT2D eigenvalue weighted by Crippen LogP contribution is -2.28. The molecule has 6 rings (SSSR count). The smallest absolute Gasteiger partial charge is 0.266 e. The minimum atomic E-state index is -4.19. The van der Waals surface area contributed by atoms with Crippen LogP contribution in [-0.2, 0) is 21.3 Å². The lowest BCUT2D eigenvalue weighted by molar-refractivity contribution is -0.117. The number of benzene rings is 5. The molecule has 0 spiro atoms. The van der Waals surface area contributed by atoms with Crippen molar-refractivity contribution in [2.45, 2.75) is 12.3 Å². The number of para-hydroxylation sites is 1. The van der Waals surface area contributed by atoms with E-state index in [1.165, 1.54) is 0 Å². The summed E-state index contributed by atoms with van der Waals surface area (Å²) in [5.41, 5.74) is 3.89. The Bertz CT molecular complexity index is 2220. The molecule has 0 fully saturated rings. The number of anilines is 1. The van der Waals surface area contributed by atoms with Crippen molar-refractivity contribution in [1.82, 2.24) is 5.32 Å². The lowest BCUT2D eigenvalue weighted by atomic mass is 9.89. The van der Waals surface area contributed by atoms with Gasteiger partial charge in [-0.25, -0.2) is 0 Å². The molecular weight excluding hydrogens is 652 g/mol. The fraction of sp³-hybridized carbons (Fsp3) is 0.135. The Labute approximate surface area is 282 Å². The molecule has 1 aromatic heterocycles. The van der Waals surface area contributed by atoms with E-state index in [1.54, 1.807) is 43.5 Å². The SMILES string of the molecule is COc1ccc2cc(C(Cc3ccc(C(=O)NCCS(=O)(=O)O)cc3)C(=O)Nc3ccc(-c4cc5ccccc5o4)cc3Cl)ccc2c1. The van der Waals surface area contributed by atoms with Crippen molar-refractivity contribution in [3.63, 3.8) is 0 Å². The van der Waals surface area contributed by atoms with E-state index in [4.69, 9.17) is 25.3 Å². The topological polar surface area (TPSA) is 135 Å². The van der Waals surface area contributed by atoms with Crippen LogP contribution >= 0.6 is 11.6 Å². The predicted octanol–water partition coefficient (Wildman–Crippen LogP) is 7.50. The number of halogens is 1. The van der Waals surface area contributed by atoms with Crippen LogP contribution in [-0.4, -0.2) is 44.2 Å². The highest BCUT2D eigenvalue weighted by molar-refractivity contribution is 7.85. The van der Waals surface area contributed by atoms with E-state index in [0.717, 1.165) is 44.2 Å². The summed E-state index contributed by atoms with van der Waals surface area (Å²) in [5, 5.41) is 8.72. The number of hydrogen-bond donors (Lipinski definition) is 3. The predicted molar refractivity (Wildman–Crippen MR) is 187 cm³/mol. The maximum Gasteiger partial charge on any atom is 0.266 e. The molecular formula is C37H31ClN2O7S. The van der Waals surface area contributed by atoms with E-state index in [0.29, 0.717) is 28.5 Å². The van der Waals surface area contributed by atoms with Crippen molar-refractivity contribution in [2.75, 3.05) is 24.7 Å². The largest absolute Gasteiger partial charge is 0.497 e. The molecule has 48 heavy (non-hydrogen) atoms. The Balaban J connectivity index is 1.25. The Morgan fingerprint density at radius 2 is 1.62 bits per heavy atom. The van der Waals surface area contributed by atoms with Gasteiger partial charge in [0, 0.05) is 23.1 Å². The van der Waals surface area contributed by atoms with Crippen LogP contribution in [0.1, 0.15) is 27.4 Å². The van der Waals surface area contributed by atoms with Crippen LogP contribution < -0.4 is 15.4 Å². The van der Waals surface area contributed by atoms with E-state index in [1.807, 2.05) is 72.8 Å². The number of rotatable bonds is 11. The van der Waals surface area contributed by atoms with Crippen molar-refractivity contribution in [3.05, 3.63) is 131 Å². The minimum Gasteiger partial charge on any atom is -0.497 e. The molecule has 3 N–H and O–H groups in total. The monoisotopic (exact) mass is 682 g/mol. The second-order valence-corrected chi connectivity index (χ2v) is 13.3. The summed E-state index contributed by atoms with van der Waals surface area (Å²) in [4.78, 5) is 26.5. The number of amides is 2. The van der Waals surface area contributed by atoms with Crippen LogP contribution in [0, 0.1) is 0 Å². The van der Waals surface area contributed by atoms with Gasteiger partial charge in [-0.05, 0) is 82.9 Å². The maximum atomic E-state index is 14.0. The van der Waals surface area contributed by atoms with Crippen molar-refractivity contribution >= 4 is 61.0 Å². The van der Waals surface area contributed by atoms with Crippen molar-refractivity contribution in [1.29, 1.82) is 0 Å². The zero-order chi connectivity index (χ0) is 33.8.